The van der Waals surface area contributed by atoms with Gasteiger partial charge in [0.1, 0.15) is 0 Å². The van der Waals surface area contributed by atoms with Gasteiger partial charge in [0.05, 0.1) is 16.2 Å². The number of hydrogen-bond acceptors (Lipinski definition) is 4. The predicted molar refractivity (Wildman–Crippen MR) is 86.4 cm³/mol. The number of nitrogens with zero attached hydrogens (tertiary/aromatic N) is 2. The SMILES string of the molecule is CCCCNC(=O)c1cc([N+](=O)[O-])ccc1N1CCCCC1. The van der Waals surface area contributed by atoms with Gasteiger partial charge in [0.15, 0.2) is 0 Å². The van der Waals surface area contributed by atoms with Gasteiger partial charge in [-0.2, -0.15) is 0 Å². The molecule has 0 spiro atoms. The third kappa shape index (κ3) is 3.96. The van der Waals surface area contributed by atoms with Crippen molar-refractivity contribution in [1.29, 1.82) is 0 Å². The van der Waals surface area contributed by atoms with Crippen molar-refractivity contribution in [2.24, 2.45) is 0 Å². The lowest BCUT2D eigenvalue weighted by Crippen LogP contribution is -2.33. The molecular formula is C16H23N3O3. The highest BCUT2D eigenvalue weighted by atomic mass is 16.6. The first-order valence-electron chi connectivity index (χ1n) is 7.95. The highest BCUT2D eigenvalue weighted by Gasteiger charge is 2.21. The fourth-order valence-electron chi connectivity index (χ4n) is 2.70. The molecule has 6 nitrogen and oxygen atoms in total. The topological polar surface area (TPSA) is 75.5 Å². The van der Waals surface area contributed by atoms with Gasteiger partial charge >= 0.3 is 0 Å². The summed E-state index contributed by atoms with van der Waals surface area (Å²) < 4.78 is 0. The zero-order valence-electron chi connectivity index (χ0n) is 13.0. The van der Waals surface area contributed by atoms with E-state index < -0.39 is 4.92 Å². The van der Waals surface area contributed by atoms with Gasteiger partial charge in [-0.05, 0) is 31.7 Å². The van der Waals surface area contributed by atoms with Crippen LogP contribution in [0.5, 0.6) is 0 Å². The lowest BCUT2D eigenvalue weighted by molar-refractivity contribution is -0.384. The monoisotopic (exact) mass is 305 g/mol. The molecule has 0 atom stereocenters. The van der Waals surface area contributed by atoms with E-state index in [4.69, 9.17) is 0 Å². The maximum Gasteiger partial charge on any atom is 0.270 e. The van der Waals surface area contributed by atoms with E-state index in [1.54, 1.807) is 6.07 Å². The molecule has 1 aliphatic heterocycles. The van der Waals surface area contributed by atoms with Crippen LogP contribution in [0.1, 0.15) is 49.4 Å². The summed E-state index contributed by atoms with van der Waals surface area (Å²) in [6.45, 7) is 4.44. The van der Waals surface area contributed by atoms with E-state index in [2.05, 4.69) is 17.1 Å². The maximum absolute atomic E-state index is 12.4. The van der Waals surface area contributed by atoms with Crippen LogP contribution < -0.4 is 10.2 Å². The Morgan fingerprint density at radius 2 is 2.05 bits per heavy atom. The standard InChI is InChI=1S/C16H23N3O3/c1-2-3-9-17-16(20)14-12-13(19(21)22)7-8-15(14)18-10-5-4-6-11-18/h7-8,12H,2-6,9-11H2,1H3,(H,17,20). The van der Waals surface area contributed by atoms with Crippen LogP contribution >= 0.6 is 0 Å². The predicted octanol–water partition coefficient (Wildman–Crippen LogP) is 3.12. The van der Waals surface area contributed by atoms with Crippen molar-refractivity contribution in [2.75, 3.05) is 24.5 Å². The van der Waals surface area contributed by atoms with Gasteiger partial charge in [0, 0.05) is 31.8 Å². The highest BCUT2D eigenvalue weighted by molar-refractivity contribution is 6.00. The van der Waals surface area contributed by atoms with Gasteiger partial charge in [-0.25, -0.2) is 0 Å². The van der Waals surface area contributed by atoms with Crippen molar-refractivity contribution in [2.45, 2.75) is 39.0 Å². The van der Waals surface area contributed by atoms with Crippen molar-refractivity contribution in [3.8, 4) is 0 Å². The summed E-state index contributed by atoms with van der Waals surface area (Å²) in [5.41, 5.74) is 1.17. The Morgan fingerprint density at radius 1 is 1.32 bits per heavy atom. The molecule has 22 heavy (non-hydrogen) atoms. The molecule has 1 fully saturated rings. The van der Waals surface area contributed by atoms with E-state index in [0.717, 1.165) is 44.5 Å². The molecule has 0 aliphatic carbocycles. The smallest absolute Gasteiger partial charge is 0.270 e. The first-order chi connectivity index (χ1) is 10.6. The van der Waals surface area contributed by atoms with E-state index >= 15 is 0 Å². The fourth-order valence-corrected chi connectivity index (χ4v) is 2.70. The van der Waals surface area contributed by atoms with Crippen LogP contribution in [-0.2, 0) is 0 Å². The fraction of sp³-hybridized carbons (Fsp3) is 0.562. The van der Waals surface area contributed by atoms with Crippen molar-refractivity contribution in [1.82, 2.24) is 5.32 Å². The van der Waals surface area contributed by atoms with E-state index in [9.17, 15) is 14.9 Å². The number of rotatable bonds is 6. The van der Waals surface area contributed by atoms with Gasteiger partial charge in [0.25, 0.3) is 11.6 Å². The normalized spacial score (nSPS) is 14.7. The molecule has 1 aromatic carbocycles. The summed E-state index contributed by atoms with van der Waals surface area (Å²) in [5, 5.41) is 13.8. The van der Waals surface area contributed by atoms with Gasteiger partial charge < -0.3 is 10.2 Å². The Bertz CT molecular complexity index is 539. The summed E-state index contributed by atoms with van der Waals surface area (Å²) in [6, 6.07) is 4.58. The van der Waals surface area contributed by atoms with Crippen molar-refractivity contribution >= 4 is 17.3 Å². The van der Waals surface area contributed by atoms with Crippen LogP contribution in [0.4, 0.5) is 11.4 Å². The molecule has 120 valence electrons. The third-order valence-electron chi connectivity index (χ3n) is 3.95. The second kappa shape index (κ2) is 7.77. The molecule has 1 N–H and O–H groups in total. The van der Waals surface area contributed by atoms with E-state index in [0.29, 0.717) is 12.1 Å². The van der Waals surface area contributed by atoms with Gasteiger partial charge in [-0.3, -0.25) is 14.9 Å². The van der Waals surface area contributed by atoms with Gasteiger partial charge in [-0.1, -0.05) is 13.3 Å². The van der Waals surface area contributed by atoms with Gasteiger partial charge in [0.2, 0.25) is 0 Å². The summed E-state index contributed by atoms with van der Waals surface area (Å²) in [7, 11) is 0. The molecule has 1 amide bonds. The second-order valence-electron chi connectivity index (χ2n) is 5.62. The first-order valence-corrected chi connectivity index (χ1v) is 7.95. The Labute approximate surface area is 130 Å². The summed E-state index contributed by atoms with van der Waals surface area (Å²) >= 11 is 0. The molecular weight excluding hydrogens is 282 g/mol. The molecule has 0 radical (unpaired) electrons. The Kier molecular flexibility index (Phi) is 5.75. The highest BCUT2D eigenvalue weighted by Crippen LogP contribution is 2.28. The van der Waals surface area contributed by atoms with Crippen LogP contribution in [-0.4, -0.2) is 30.5 Å². The zero-order valence-corrected chi connectivity index (χ0v) is 13.0. The molecule has 1 aromatic rings. The number of carbonyl (C=O) groups excluding carboxylic acids is 1. The van der Waals surface area contributed by atoms with Crippen molar-refractivity contribution in [3.05, 3.63) is 33.9 Å². The third-order valence-corrected chi connectivity index (χ3v) is 3.95. The Hall–Kier alpha value is -2.11. The molecule has 2 rings (SSSR count). The van der Waals surface area contributed by atoms with Crippen LogP contribution in [0.25, 0.3) is 0 Å². The number of non-ortho nitro benzene ring substituents is 1. The molecule has 0 bridgehead atoms. The summed E-state index contributed by atoms with van der Waals surface area (Å²) in [4.78, 5) is 25.1. The molecule has 1 aliphatic rings. The Balaban J connectivity index is 2.26. The van der Waals surface area contributed by atoms with Crippen molar-refractivity contribution in [3.63, 3.8) is 0 Å². The van der Waals surface area contributed by atoms with E-state index in [1.807, 2.05) is 0 Å². The summed E-state index contributed by atoms with van der Waals surface area (Å²) in [5.74, 6) is -0.224. The molecule has 0 aromatic heterocycles. The minimum Gasteiger partial charge on any atom is -0.371 e. The van der Waals surface area contributed by atoms with E-state index in [1.165, 1.54) is 18.6 Å². The van der Waals surface area contributed by atoms with Gasteiger partial charge in [-0.15, -0.1) is 0 Å². The number of nitro groups is 1. The van der Waals surface area contributed by atoms with Crippen LogP contribution in [0.15, 0.2) is 18.2 Å². The number of nitro benzene ring substituents is 1. The molecule has 1 heterocycles. The molecule has 0 saturated carbocycles. The van der Waals surface area contributed by atoms with E-state index in [-0.39, 0.29) is 11.6 Å². The summed E-state index contributed by atoms with van der Waals surface area (Å²) in [6.07, 6.45) is 5.27. The number of benzene rings is 1. The molecule has 0 unspecified atom stereocenters. The van der Waals surface area contributed by atoms with Crippen molar-refractivity contribution < 1.29 is 9.72 Å². The minimum atomic E-state index is -0.456. The lowest BCUT2D eigenvalue weighted by atomic mass is 10.1. The van der Waals surface area contributed by atoms with Crippen LogP contribution in [0.3, 0.4) is 0 Å². The van der Waals surface area contributed by atoms with Crippen LogP contribution in [0, 0.1) is 10.1 Å². The molecule has 6 heteroatoms. The largest absolute Gasteiger partial charge is 0.371 e. The number of hydrogen-bond donors (Lipinski definition) is 1. The quantitative estimate of drug-likeness (QED) is 0.498. The minimum absolute atomic E-state index is 0.0404. The van der Waals surface area contributed by atoms with Crippen LogP contribution in [0.2, 0.25) is 0 Å². The molecule has 1 saturated heterocycles. The number of amides is 1. The number of unbranched alkanes of at least 4 members (excludes halogenated alkanes) is 1. The zero-order chi connectivity index (χ0) is 15.9. The number of nitrogens with one attached hydrogen (secondary N) is 1. The Morgan fingerprint density at radius 3 is 2.68 bits per heavy atom. The second-order valence-corrected chi connectivity index (χ2v) is 5.62. The first kappa shape index (κ1) is 16.3. The number of carbonyl (C=O) groups is 1. The average molecular weight is 305 g/mol. The number of piperidine rings is 1. The number of anilines is 1. The average Bonchev–Trinajstić information content (AvgIpc) is 2.55. The lowest BCUT2D eigenvalue weighted by Gasteiger charge is -2.30. The maximum atomic E-state index is 12.4.